The summed E-state index contributed by atoms with van der Waals surface area (Å²) >= 11 is 0. The minimum Gasteiger partial charge on any atom is -0.399 e. The van der Waals surface area contributed by atoms with Crippen LogP contribution in [0.15, 0.2) is 18.2 Å². The zero-order valence-electron chi connectivity index (χ0n) is 11.2. The third kappa shape index (κ3) is 5.19. The van der Waals surface area contributed by atoms with Crippen molar-refractivity contribution in [1.29, 1.82) is 0 Å². The second kappa shape index (κ2) is 7.71. The van der Waals surface area contributed by atoms with E-state index in [2.05, 4.69) is 5.32 Å². The number of ether oxygens (including phenoxy) is 1. The number of nitrogen functional groups attached to an aromatic ring is 1. The Morgan fingerprint density at radius 1 is 1.28 bits per heavy atom. The quantitative estimate of drug-likeness (QED) is 0.575. The molecule has 0 atom stereocenters. The highest BCUT2D eigenvalue weighted by molar-refractivity contribution is 5.95. The number of aryl methyl sites for hydroxylation is 1. The summed E-state index contributed by atoms with van der Waals surface area (Å²) < 4.78 is 4.96. The summed E-state index contributed by atoms with van der Waals surface area (Å²) in [5, 5.41) is 2.89. The third-order valence-electron chi connectivity index (χ3n) is 2.67. The molecule has 0 aliphatic rings. The third-order valence-corrected chi connectivity index (χ3v) is 2.67. The number of hydrogen-bond acceptors (Lipinski definition) is 3. The van der Waals surface area contributed by atoms with Gasteiger partial charge in [-0.1, -0.05) is 0 Å². The molecule has 0 saturated carbocycles. The first-order valence-corrected chi connectivity index (χ1v) is 6.28. The summed E-state index contributed by atoms with van der Waals surface area (Å²) in [7, 11) is 1.70. The molecule has 0 unspecified atom stereocenters. The fourth-order valence-corrected chi connectivity index (χ4v) is 1.80. The Hall–Kier alpha value is -1.55. The Labute approximate surface area is 109 Å². The Balaban J connectivity index is 2.32. The van der Waals surface area contributed by atoms with E-state index in [-0.39, 0.29) is 5.91 Å². The van der Waals surface area contributed by atoms with Crippen molar-refractivity contribution in [3.8, 4) is 0 Å². The van der Waals surface area contributed by atoms with E-state index in [1.165, 1.54) is 0 Å². The van der Waals surface area contributed by atoms with Crippen LogP contribution in [-0.4, -0.2) is 26.2 Å². The molecular formula is C14H22N2O2. The van der Waals surface area contributed by atoms with Gasteiger partial charge >= 0.3 is 0 Å². The predicted octanol–water partition coefficient (Wildman–Crippen LogP) is 2.12. The van der Waals surface area contributed by atoms with Gasteiger partial charge in [0.25, 0.3) is 5.91 Å². The van der Waals surface area contributed by atoms with Crippen LogP contribution in [0.3, 0.4) is 0 Å². The van der Waals surface area contributed by atoms with E-state index in [4.69, 9.17) is 10.5 Å². The summed E-state index contributed by atoms with van der Waals surface area (Å²) in [6.45, 7) is 3.40. The molecule has 1 rings (SSSR count). The average Bonchev–Trinajstić information content (AvgIpc) is 2.32. The number of amides is 1. The molecule has 0 radical (unpaired) electrons. The Morgan fingerprint density at radius 3 is 2.72 bits per heavy atom. The van der Waals surface area contributed by atoms with Gasteiger partial charge in [0, 0.05) is 31.5 Å². The summed E-state index contributed by atoms with van der Waals surface area (Å²) in [4.78, 5) is 11.8. The van der Waals surface area contributed by atoms with Gasteiger partial charge in [-0.2, -0.15) is 0 Å². The van der Waals surface area contributed by atoms with Crippen molar-refractivity contribution >= 4 is 11.6 Å². The lowest BCUT2D eigenvalue weighted by Crippen LogP contribution is -2.24. The van der Waals surface area contributed by atoms with Crippen molar-refractivity contribution in [2.24, 2.45) is 0 Å². The van der Waals surface area contributed by atoms with Crippen LogP contribution >= 0.6 is 0 Å². The SMILES string of the molecule is COCCCCCNC(=O)c1cc(C)cc(N)c1. The minimum atomic E-state index is -0.0582. The standard InChI is InChI=1S/C14H22N2O2/c1-11-8-12(10-13(15)9-11)14(17)16-6-4-3-5-7-18-2/h8-10H,3-7,15H2,1-2H3,(H,16,17). The lowest BCUT2D eigenvalue weighted by molar-refractivity contribution is 0.0952. The Bertz CT molecular complexity index is 371. The molecule has 1 amide bonds. The number of unbranched alkanes of at least 4 members (excludes halogenated alkanes) is 2. The second-order valence-electron chi connectivity index (χ2n) is 4.44. The average molecular weight is 250 g/mol. The van der Waals surface area contributed by atoms with Crippen LogP contribution in [0.1, 0.15) is 35.2 Å². The highest BCUT2D eigenvalue weighted by atomic mass is 16.5. The molecule has 4 heteroatoms. The van der Waals surface area contributed by atoms with Gasteiger partial charge in [0.05, 0.1) is 0 Å². The van der Waals surface area contributed by atoms with Crippen LogP contribution in [0.4, 0.5) is 5.69 Å². The molecule has 0 aliphatic heterocycles. The molecule has 1 aromatic rings. The molecule has 0 bridgehead atoms. The molecule has 0 spiro atoms. The van der Waals surface area contributed by atoms with E-state index in [0.29, 0.717) is 17.8 Å². The molecule has 1 aromatic carbocycles. The van der Waals surface area contributed by atoms with Gasteiger partial charge in [-0.05, 0) is 49.9 Å². The summed E-state index contributed by atoms with van der Waals surface area (Å²) in [6, 6.07) is 5.39. The summed E-state index contributed by atoms with van der Waals surface area (Å²) in [5.41, 5.74) is 7.97. The largest absolute Gasteiger partial charge is 0.399 e. The molecule has 0 fully saturated rings. The van der Waals surface area contributed by atoms with Gasteiger partial charge in [-0.3, -0.25) is 4.79 Å². The van der Waals surface area contributed by atoms with Crippen LogP contribution in [0.5, 0.6) is 0 Å². The summed E-state index contributed by atoms with van der Waals surface area (Å²) in [6.07, 6.45) is 3.06. The van der Waals surface area contributed by atoms with E-state index in [9.17, 15) is 4.79 Å². The van der Waals surface area contributed by atoms with Gasteiger partial charge < -0.3 is 15.8 Å². The lowest BCUT2D eigenvalue weighted by Gasteiger charge is -2.07. The number of carbonyl (C=O) groups excluding carboxylic acids is 1. The molecule has 0 heterocycles. The van der Waals surface area contributed by atoms with Crippen molar-refractivity contribution in [2.75, 3.05) is 26.0 Å². The van der Waals surface area contributed by atoms with Crippen LogP contribution in [-0.2, 0) is 4.74 Å². The van der Waals surface area contributed by atoms with E-state index >= 15 is 0 Å². The number of benzene rings is 1. The maximum Gasteiger partial charge on any atom is 0.251 e. The number of nitrogens with one attached hydrogen (secondary N) is 1. The molecule has 3 N–H and O–H groups in total. The molecule has 0 aliphatic carbocycles. The van der Waals surface area contributed by atoms with E-state index in [0.717, 1.165) is 31.4 Å². The van der Waals surface area contributed by atoms with Crippen molar-refractivity contribution in [3.63, 3.8) is 0 Å². The smallest absolute Gasteiger partial charge is 0.251 e. The normalized spacial score (nSPS) is 10.3. The van der Waals surface area contributed by atoms with Crippen molar-refractivity contribution in [2.45, 2.75) is 26.2 Å². The fraction of sp³-hybridized carbons (Fsp3) is 0.500. The molecule has 0 saturated heterocycles. The molecule has 0 aromatic heterocycles. The predicted molar refractivity (Wildman–Crippen MR) is 73.7 cm³/mol. The number of rotatable bonds is 7. The van der Waals surface area contributed by atoms with Gasteiger partial charge in [0.15, 0.2) is 0 Å². The number of hydrogen-bond donors (Lipinski definition) is 2. The Morgan fingerprint density at radius 2 is 2.06 bits per heavy atom. The van der Waals surface area contributed by atoms with Gasteiger partial charge in [-0.15, -0.1) is 0 Å². The number of carbonyl (C=O) groups is 1. The molecule has 18 heavy (non-hydrogen) atoms. The first kappa shape index (κ1) is 14.5. The van der Waals surface area contributed by atoms with Gasteiger partial charge in [0.2, 0.25) is 0 Å². The highest BCUT2D eigenvalue weighted by Gasteiger charge is 2.05. The zero-order chi connectivity index (χ0) is 13.4. The topological polar surface area (TPSA) is 64.3 Å². The van der Waals surface area contributed by atoms with E-state index in [1.807, 2.05) is 19.1 Å². The van der Waals surface area contributed by atoms with Crippen LogP contribution in [0.25, 0.3) is 0 Å². The maximum atomic E-state index is 11.8. The molecular weight excluding hydrogens is 228 g/mol. The highest BCUT2D eigenvalue weighted by Crippen LogP contribution is 2.11. The monoisotopic (exact) mass is 250 g/mol. The van der Waals surface area contributed by atoms with Crippen molar-refractivity contribution in [3.05, 3.63) is 29.3 Å². The van der Waals surface area contributed by atoms with Crippen LogP contribution in [0, 0.1) is 6.92 Å². The number of anilines is 1. The second-order valence-corrected chi connectivity index (χ2v) is 4.44. The van der Waals surface area contributed by atoms with Crippen molar-refractivity contribution in [1.82, 2.24) is 5.32 Å². The van der Waals surface area contributed by atoms with Crippen molar-refractivity contribution < 1.29 is 9.53 Å². The van der Waals surface area contributed by atoms with E-state index in [1.54, 1.807) is 13.2 Å². The van der Waals surface area contributed by atoms with Crippen LogP contribution < -0.4 is 11.1 Å². The zero-order valence-corrected chi connectivity index (χ0v) is 11.2. The minimum absolute atomic E-state index is 0.0582. The Kier molecular flexibility index (Phi) is 6.22. The van der Waals surface area contributed by atoms with Gasteiger partial charge in [0.1, 0.15) is 0 Å². The van der Waals surface area contributed by atoms with E-state index < -0.39 is 0 Å². The maximum absolute atomic E-state index is 11.8. The fourth-order valence-electron chi connectivity index (χ4n) is 1.80. The first-order chi connectivity index (χ1) is 8.63. The van der Waals surface area contributed by atoms with Crippen LogP contribution in [0.2, 0.25) is 0 Å². The van der Waals surface area contributed by atoms with Gasteiger partial charge in [-0.25, -0.2) is 0 Å². The number of nitrogens with two attached hydrogens (primary N) is 1. The lowest BCUT2D eigenvalue weighted by atomic mass is 10.1. The number of methoxy groups -OCH3 is 1. The summed E-state index contributed by atoms with van der Waals surface area (Å²) in [5.74, 6) is -0.0582. The molecule has 4 nitrogen and oxygen atoms in total. The first-order valence-electron chi connectivity index (χ1n) is 6.28. The molecule has 100 valence electrons.